The third-order valence-corrected chi connectivity index (χ3v) is 6.13. The molecule has 3 aromatic rings. The quantitative estimate of drug-likeness (QED) is 0.395. The minimum absolute atomic E-state index is 0.115. The maximum Gasteiger partial charge on any atom is 0.337 e. The van der Waals surface area contributed by atoms with Gasteiger partial charge in [-0.1, -0.05) is 36.4 Å². The van der Waals surface area contributed by atoms with Crippen molar-refractivity contribution < 1.29 is 19.1 Å². The van der Waals surface area contributed by atoms with Crippen molar-refractivity contribution >= 4 is 51.3 Å². The minimum atomic E-state index is -0.432. The Morgan fingerprint density at radius 2 is 1.91 bits per heavy atom. The molecule has 162 valence electrons. The first-order chi connectivity index (χ1) is 15.5. The molecule has 4 rings (SSSR count). The summed E-state index contributed by atoms with van der Waals surface area (Å²) in [6, 6.07) is 18.7. The average Bonchev–Trinajstić information content (AvgIpc) is 3.12. The highest BCUT2D eigenvalue weighted by molar-refractivity contribution is 8.18. The molecule has 3 aromatic carbocycles. The second kappa shape index (κ2) is 9.28. The number of methoxy groups -OCH3 is 2. The number of likely N-dealkylation sites (N-methyl/N-ethyl adjacent to an activating group) is 1. The molecule has 1 amide bonds. The van der Waals surface area contributed by atoms with E-state index in [4.69, 9.17) is 9.47 Å². The molecule has 1 heterocycles. The van der Waals surface area contributed by atoms with E-state index in [1.165, 1.54) is 18.9 Å². The summed E-state index contributed by atoms with van der Waals surface area (Å²) in [4.78, 5) is 31.8. The summed E-state index contributed by atoms with van der Waals surface area (Å²) in [5.41, 5.74) is 1.83. The number of hydrogen-bond donors (Lipinski definition) is 0. The van der Waals surface area contributed by atoms with Crippen LogP contribution < -0.4 is 4.74 Å². The summed E-state index contributed by atoms with van der Waals surface area (Å²) < 4.78 is 10.4. The fourth-order valence-corrected chi connectivity index (χ4v) is 4.58. The standard InChI is InChI=1S/C25H22N2O4S/c1-4-27-23(28)22(15-20-19-11-6-5-8-16(19)12-13-21(20)30-2)32-25(27)26-18-10-7-9-17(14-18)24(29)31-3/h5-15H,4H2,1-3H3. The largest absolute Gasteiger partial charge is 0.496 e. The summed E-state index contributed by atoms with van der Waals surface area (Å²) in [5.74, 6) is 0.150. The maximum atomic E-state index is 13.1. The molecule has 0 spiro atoms. The van der Waals surface area contributed by atoms with E-state index in [-0.39, 0.29) is 5.91 Å². The van der Waals surface area contributed by atoms with Crippen LogP contribution in [0.25, 0.3) is 16.8 Å². The van der Waals surface area contributed by atoms with Crippen LogP contribution in [0.1, 0.15) is 22.8 Å². The molecule has 0 aromatic heterocycles. The molecule has 6 nitrogen and oxygen atoms in total. The number of amidine groups is 1. The van der Waals surface area contributed by atoms with Crippen molar-refractivity contribution in [1.29, 1.82) is 0 Å². The van der Waals surface area contributed by atoms with Crippen molar-refractivity contribution in [3.8, 4) is 5.75 Å². The van der Waals surface area contributed by atoms with Gasteiger partial charge in [0.15, 0.2) is 5.17 Å². The number of carbonyl (C=O) groups excluding carboxylic acids is 2. The summed E-state index contributed by atoms with van der Waals surface area (Å²) >= 11 is 1.30. The zero-order valence-electron chi connectivity index (χ0n) is 18.0. The van der Waals surface area contributed by atoms with Gasteiger partial charge in [-0.15, -0.1) is 0 Å². The maximum absolute atomic E-state index is 13.1. The number of amides is 1. The lowest BCUT2D eigenvalue weighted by atomic mass is 10.0. The number of hydrogen-bond acceptors (Lipinski definition) is 6. The van der Waals surface area contributed by atoms with Crippen LogP contribution in [-0.2, 0) is 9.53 Å². The van der Waals surface area contributed by atoms with Gasteiger partial charge < -0.3 is 9.47 Å². The van der Waals surface area contributed by atoms with E-state index in [1.807, 2.05) is 49.4 Å². The summed E-state index contributed by atoms with van der Waals surface area (Å²) in [7, 11) is 2.96. The van der Waals surface area contributed by atoms with Gasteiger partial charge in [-0.3, -0.25) is 9.69 Å². The van der Waals surface area contributed by atoms with Crippen molar-refractivity contribution in [2.45, 2.75) is 6.92 Å². The van der Waals surface area contributed by atoms with Gasteiger partial charge >= 0.3 is 5.97 Å². The zero-order valence-corrected chi connectivity index (χ0v) is 18.8. The van der Waals surface area contributed by atoms with Gasteiger partial charge in [0.1, 0.15) is 5.75 Å². The number of esters is 1. The van der Waals surface area contributed by atoms with E-state index < -0.39 is 5.97 Å². The molecule has 7 heteroatoms. The normalized spacial score (nSPS) is 16.2. The fourth-order valence-electron chi connectivity index (χ4n) is 3.53. The number of ether oxygens (including phenoxy) is 2. The van der Waals surface area contributed by atoms with Gasteiger partial charge in [0, 0.05) is 12.1 Å². The van der Waals surface area contributed by atoms with E-state index in [1.54, 1.807) is 36.3 Å². The fraction of sp³-hybridized carbons (Fsp3) is 0.160. The van der Waals surface area contributed by atoms with E-state index in [0.717, 1.165) is 16.3 Å². The topological polar surface area (TPSA) is 68.2 Å². The van der Waals surface area contributed by atoms with Gasteiger partial charge in [-0.25, -0.2) is 9.79 Å². The lowest BCUT2D eigenvalue weighted by Crippen LogP contribution is -2.28. The first-order valence-electron chi connectivity index (χ1n) is 10.1. The molecule has 32 heavy (non-hydrogen) atoms. The molecule has 0 atom stereocenters. The molecule has 0 bridgehead atoms. The molecule has 0 aliphatic carbocycles. The van der Waals surface area contributed by atoms with Gasteiger partial charge in [0.2, 0.25) is 0 Å². The molecule has 0 unspecified atom stereocenters. The van der Waals surface area contributed by atoms with Crippen LogP contribution in [0.2, 0.25) is 0 Å². The number of fused-ring (bicyclic) bond motifs is 1. The van der Waals surface area contributed by atoms with Gasteiger partial charge in [-0.05, 0) is 59.8 Å². The Morgan fingerprint density at radius 3 is 2.66 bits per heavy atom. The summed E-state index contributed by atoms with van der Waals surface area (Å²) in [6.07, 6.45) is 1.87. The van der Waals surface area contributed by atoms with Crippen molar-refractivity contribution in [2.75, 3.05) is 20.8 Å². The van der Waals surface area contributed by atoms with Crippen LogP contribution in [0.5, 0.6) is 5.75 Å². The van der Waals surface area contributed by atoms with E-state index >= 15 is 0 Å². The van der Waals surface area contributed by atoms with Crippen molar-refractivity contribution in [3.05, 3.63) is 76.7 Å². The van der Waals surface area contributed by atoms with Gasteiger partial charge in [0.25, 0.3) is 5.91 Å². The van der Waals surface area contributed by atoms with Crippen molar-refractivity contribution in [3.63, 3.8) is 0 Å². The molecule has 1 aliphatic heterocycles. The molecular weight excluding hydrogens is 424 g/mol. The Bertz CT molecular complexity index is 1270. The first-order valence-corrected chi connectivity index (χ1v) is 10.9. The highest BCUT2D eigenvalue weighted by Gasteiger charge is 2.32. The number of aliphatic imine (C=N–C) groups is 1. The van der Waals surface area contributed by atoms with Crippen LogP contribution in [0, 0.1) is 0 Å². The first kappa shape index (κ1) is 21.6. The number of thioether (sulfide) groups is 1. The Labute approximate surface area is 190 Å². The molecule has 0 N–H and O–H groups in total. The van der Waals surface area contributed by atoms with Gasteiger partial charge in [-0.2, -0.15) is 0 Å². The Morgan fingerprint density at radius 1 is 1.09 bits per heavy atom. The van der Waals surface area contributed by atoms with Crippen LogP contribution >= 0.6 is 11.8 Å². The third kappa shape index (κ3) is 4.11. The summed E-state index contributed by atoms with van der Waals surface area (Å²) in [6.45, 7) is 2.38. The van der Waals surface area contributed by atoms with Crippen LogP contribution in [0.4, 0.5) is 5.69 Å². The van der Waals surface area contributed by atoms with Crippen LogP contribution in [0.15, 0.2) is 70.6 Å². The Kier molecular flexibility index (Phi) is 6.28. The monoisotopic (exact) mass is 446 g/mol. The minimum Gasteiger partial charge on any atom is -0.496 e. The lowest BCUT2D eigenvalue weighted by Gasteiger charge is -2.12. The lowest BCUT2D eigenvalue weighted by molar-refractivity contribution is -0.122. The predicted molar refractivity (Wildman–Crippen MR) is 128 cm³/mol. The SMILES string of the molecule is CCN1C(=O)C(=Cc2c(OC)ccc3ccccc23)SC1=Nc1cccc(C(=O)OC)c1. The zero-order chi connectivity index (χ0) is 22.7. The molecule has 0 radical (unpaired) electrons. The Balaban J connectivity index is 1.76. The van der Waals surface area contributed by atoms with Crippen LogP contribution in [-0.4, -0.2) is 42.7 Å². The number of benzene rings is 3. The smallest absolute Gasteiger partial charge is 0.337 e. The molecular formula is C25H22N2O4S. The highest BCUT2D eigenvalue weighted by Crippen LogP contribution is 2.37. The Hall–Kier alpha value is -3.58. The molecule has 1 aliphatic rings. The second-order valence-electron chi connectivity index (χ2n) is 7.00. The number of carbonyl (C=O) groups is 2. The highest BCUT2D eigenvalue weighted by atomic mass is 32.2. The number of nitrogens with zero attached hydrogens (tertiary/aromatic N) is 2. The number of rotatable bonds is 5. The van der Waals surface area contributed by atoms with Gasteiger partial charge in [0.05, 0.1) is 30.4 Å². The van der Waals surface area contributed by atoms with E-state index in [2.05, 4.69) is 4.99 Å². The molecule has 1 fully saturated rings. The second-order valence-corrected chi connectivity index (χ2v) is 8.01. The molecule has 0 saturated carbocycles. The van der Waals surface area contributed by atoms with Crippen molar-refractivity contribution in [1.82, 2.24) is 4.90 Å². The van der Waals surface area contributed by atoms with E-state index in [9.17, 15) is 9.59 Å². The average molecular weight is 447 g/mol. The van der Waals surface area contributed by atoms with Crippen LogP contribution in [0.3, 0.4) is 0 Å². The summed E-state index contributed by atoms with van der Waals surface area (Å²) in [5, 5.41) is 2.63. The third-order valence-electron chi connectivity index (χ3n) is 5.12. The van der Waals surface area contributed by atoms with Crippen molar-refractivity contribution in [2.24, 2.45) is 4.99 Å². The van der Waals surface area contributed by atoms with E-state index in [0.29, 0.717) is 33.6 Å². The molecule has 1 saturated heterocycles. The predicted octanol–water partition coefficient (Wildman–Crippen LogP) is 5.26.